The summed E-state index contributed by atoms with van der Waals surface area (Å²) in [7, 11) is 0. The van der Waals surface area contributed by atoms with Gasteiger partial charge in [-0.25, -0.2) is 9.78 Å². The number of aromatic nitrogens is 2. The van der Waals surface area contributed by atoms with Crippen LogP contribution in [0, 0.1) is 0 Å². The smallest absolute Gasteiger partial charge is 0.337 e. The van der Waals surface area contributed by atoms with Gasteiger partial charge in [0.2, 0.25) is 0 Å². The third kappa shape index (κ3) is 4.51. The molecule has 0 aliphatic carbocycles. The number of nitrogens with zero attached hydrogens (tertiary/aromatic N) is 2. The predicted molar refractivity (Wildman–Crippen MR) is 129 cm³/mol. The molecule has 1 atom stereocenters. The summed E-state index contributed by atoms with van der Waals surface area (Å²) in [6.45, 7) is 3.89. The van der Waals surface area contributed by atoms with E-state index in [0.29, 0.717) is 11.1 Å². The van der Waals surface area contributed by atoms with Crippen LogP contribution in [-0.4, -0.2) is 25.7 Å². The van der Waals surface area contributed by atoms with E-state index in [0.717, 1.165) is 5.56 Å². The number of benzene rings is 2. The summed E-state index contributed by atoms with van der Waals surface area (Å²) >= 11 is 0. The van der Waals surface area contributed by atoms with Crippen LogP contribution in [0.3, 0.4) is 0 Å². The lowest BCUT2D eigenvalue weighted by Crippen LogP contribution is -2.22. The van der Waals surface area contributed by atoms with Crippen molar-refractivity contribution in [1.29, 1.82) is 0 Å². The first-order valence-corrected chi connectivity index (χ1v) is 10.4. The normalized spacial score (nSPS) is 12.2. The van der Waals surface area contributed by atoms with Crippen molar-refractivity contribution in [3.05, 3.63) is 124 Å². The maximum Gasteiger partial charge on any atom is 0.337 e. The summed E-state index contributed by atoms with van der Waals surface area (Å²) in [4.78, 5) is 29.6. The fourth-order valence-corrected chi connectivity index (χ4v) is 3.68. The van der Waals surface area contributed by atoms with Crippen molar-refractivity contribution >= 4 is 29.0 Å². The Hall–Kier alpha value is -4.29. The molecule has 0 aliphatic heterocycles. The second kappa shape index (κ2) is 9.46. The molecule has 0 saturated heterocycles. The highest BCUT2D eigenvalue weighted by Crippen LogP contribution is 2.28. The summed E-state index contributed by atoms with van der Waals surface area (Å²) < 4.78 is 1.39. The van der Waals surface area contributed by atoms with Crippen molar-refractivity contribution in [2.45, 2.75) is 12.6 Å². The molecule has 0 amide bonds. The Bertz CT molecular complexity index is 1410. The third-order valence-corrected chi connectivity index (χ3v) is 5.31. The van der Waals surface area contributed by atoms with E-state index in [2.05, 4.69) is 11.6 Å². The first-order valence-electron chi connectivity index (χ1n) is 10.4. The van der Waals surface area contributed by atoms with E-state index in [-0.39, 0.29) is 28.7 Å². The number of aliphatic hydroxyl groups excluding tert-OH is 1. The van der Waals surface area contributed by atoms with Crippen molar-refractivity contribution in [1.82, 2.24) is 9.55 Å². The molecule has 4 rings (SSSR count). The van der Waals surface area contributed by atoms with Crippen LogP contribution in [0.2, 0.25) is 0 Å². The van der Waals surface area contributed by atoms with Gasteiger partial charge in [-0.1, -0.05) is 72.8 Å². The summed E-state index contributed by atoms with van der Waals surface area (Å²) in [6.07, 6.45) is 5.43. The van der Waals surface area contributed by atoms with Crippen molar-refractivity contribution in [2.24, 2.45) is 0 Å². The molecule has 0 bridgehead atoms. The van der Waals surface area contributed by atoms with Gasteiger partial charge in [0.25, 0.3) is 5.56 Å². The average Bonchev–Trinajstić information content (AvgIpc) is 2.84. The number of aliphatic hydroxyl groups is 1. The van der Waals surface area contributed by atoms with E-state index in [1.807, 2.05) is 48.5 Å². The zero-order valence-electron chi connectivity index (χ0n) is 17.8. The number of hydrogen-bond donors (Lipinski definition) is 2. The van der Waals surface area contributed by atoms with Gasteiger partial charge in [-0.05, 0) is 23.3 Å². The van der Waals surface area contributed by atoms with Crippen LogP contribution in [0.4, 0.5) is 0 Å². The number of carbonyl (C=O) groups is 1. The Kier molecular flexibility index (Phi) is 6.29. The number of pyridine rings is 2. The number of carboxylic acid groups (broad SMARTS) is 1. The molecule has 2 N–H and O–H groups in total. The number of hydrogen-bond acceptors (Lipinski definition) is 4. The maximum absolute atomic E-state index is 13.1. The number of carboxylic acids is 1. The lowest BCUT2D eigenvalue weighted by molar-refractivity contribution is 0.0696. The van der Waals surface area contributed by atoms with Crippen molar-refractivity contribution in [3.8, 4) is 0 Å². The van der Waals surface area contributed by atoms with E-state index >= 15 is 0 Å². The summed E-state index contributed by atoms with van der Waals surface area (Å²) in [5, 5.41) is 21.1. The van der Waals surface area contributed by atoms with Crippen LogP contribution in [0.25, 0.3) is 23.1 Å². The molecule has 1 unspecified atom stereocenters. The van der Waals surface area contributed by atoms with Crippen LogP contribution in [0.15, 0.2) is 90.4 Å². The van der Waals surface area contributed by atoms with Gasteiger partial charge < -0.3 is 14.8 Å². The molecule has 164 valence electrons. The third-order valence-electron chi connectivity index (χ3n) is 5.31. The molecule has 0 spiro atoms. The number of rotatable bonds is 7. The molecular formula is C27H22N2O4. The summed E-state index contributed by atoms with van der Waals surface area (Å²) in [5.41, 5.74) is 1.88. The van der Waals surface area contributed by atoms with Crippen molar-refractivity contribution < 1.29 is 15.0 Å². The van der Waals surface area contributed by atoms with Crippen LogP contribution in [0.1, 0.15) is 38.8 Å². The van der Waals surface area contributed by atoms with E-state index in [9.17, 15) is 19.8 Å². The van der Waals surface area contributed by atoms with E-state index in [1.165, 1.54) is 10.6 Å². The van der Waals surface area contributed by atoms with Gasteiger partial charge in [-0.2, -0.15) is 0 Å². The molecular weight excluding hydrogens is 416 g/mol. The largest absolute Gasteiger partial charge is 0.478 e. The molecule has 2 aromatic heterocycles. The highest BCUT2D eigenvalue weighted by atomic mass is 16.4. The maximum atomic E-state index is 13.1. The Balaban J connectivity index is 1.98. The van der Waals surface area contributed by atoms with Crippen LogP contribution >= 0.6 is 0 Å². The van der Waals surface area contributed by atoms with Crippen LogP contribution < -0.4 is 5.56 Å². The van der Waals surface area contributed by atoms with Gasteiger partial charge in [0.05, 0.1) is 22.2 Å². The average molecular weight is 438 g/mol. The monoisotopic (exact) mass is 438 g/mol. The molecule has 2 heterocycles. The minimum Gasteiger partial charge on any atom is -0.478 e. The van der Waals surface area contributed by atoms with E-state index < -0.39 is 17.6 Å². The number of allylic oxidation sites excluding steroid dienone is 1. The highest BCUT2D eigenvalue weighted by Gasteiger charge is 2.21. The second-order valence-electron chi connectivity index (χ2n) is 7.51. The first-order chi connectivity index (χ1) is 16.0. The zero-order chi connectivity index (χ0) is 23.4. The van der Waals surface area contributed by atoms with Crippen molar-refractivity contribution in [3.63, 3.8) is 0 Å². The molecule has 4 aromatic rings. The SMILES string of the molecule is C=CCn1cc(C(O)c2ccccc2)c2nc(/C=C/c3ccccc3)c(C(=O)O)cc2c1=O. The molecule has 33 heavy (non-hydrogen) atoms. The van der Waals surface area contributed by atoms with Gasteiger partial charge in [-0.15, -0.1) is 6.58 Å². The summed E-state index contributed by atoms with van der Waals surface area (Å²) in [6, 6.07) is 19.8. The minimum absolute atomic E-state index is 0.0942. The van der Waals surface area contributed by atoms with E-state index in [1.54, 1.807) is 36.6 Å². The fraction of sp³-hybridized carbons (Fsp3) is 0.0741. The molecule has 2 aromatic carbocycles. The number of fused-ring (bicyclic) bond motifs is 1. The zero-order valence-corrected chi connectivity index (χ0v) is 17.8. The lowest BCUT2D eigenvalue weighted by atomic mass is 9.99. The Labute approximate surface area is 190 Å². The van der Waals surface area contributed by atoms with Crippen molar-refractivity contribution in [2.75, 3.05) is 0 Å². The van der Waals surface area contributed by atoms with Crippen LogP contribution in [0.5, 0.6) is 0 Å². The Morgan fingerprint density at radius 3 is 2.36 bits per heavy atom. The molecule has 6 nitrogen and oxygen atoms in total. The van der Waals surface area contributed by atoms with Gasteiger partial charge in [0, 0.05) is 18.3 Å². The molecule has 6 heteroatoms. The topological polar surface area (TPSA) is 92.4 Å². The van der Waals surface area contributed by atoms with Gasteiger partial charge >= 0.3 is 5.97 Å². The van der Waals surface area contributed by atoms with Gasteiger partial charge in [0.15, 0.2) is 0 Å². The summed E-state index contributed by atoms with van der Waals surface area (Å²) in [5.74, 6) is -1.19. The van der Waals surface area contributed by atoms with Gasteiger partial charge in [-0.3, -0.25) is 4.79 Å². The van der Waals surface area contributed by atoms with Gasteiger partial charge in [0.1, 0.15) is 6.10 Å². The number of aromatic carboxylic acids is 1. The first kappa shape index (κ1) is 21.9. The second-order valence-corrected chi connectivity index (χ2v) is 7.51. The minimum atomic E-state index is -1.19. The molecule has 0 radical (unpaired) electrons. The lowest BCUT2D eigenvalue weighted by Gasteiger charge is -2.17. The molecule has 0 aliphatic rings. The fourth-order valence-electron chi connectivity index (χ4n) is 3.68. The quantitative estimate of drug-likeness (QED) is 0.414. The van der Waals surface area contributed by atoms with E-state index in [4.69, 9.17) is 0 Å². The predicted octanol–water partition coefficient (Wildman–Crippen LogP) is 4.53. The standard InChI is InChI=1S/C27H22N2O4/c1-2-15-29-17-22(25(30)19-11-7-4-8-12-19)24-21(26(29)31)16-20(27(32)33)23(28-24)14-13-18-9-5-3-6-10-18/h2-14,16-17,25,30H,1,15H2,(H,32,33)/b14-13+. The Morgan fingerprint density at radius 1 is 1.06 bits per heavy atom. The highest BCUT2D eigenvalue weighted by molar-refractivity contribution is 5.97. The van der Waals surface area contributed by atoms with Crippen LogP contribution in [-0.2, 0) is 6.54 Å². The molecule has 0 saturated carbocycles. The molecule has 0 fully saturated rings. The Morgan fingerprint density at radius 2 is 1.73 bits per heavy atom.